The molecule has 1 amide bonds. The fourth-order valence-corrected chi connectivity index (χ4v) is 5.55. The van der Waals surface area contributed by atoms with Gasteiger partial charge in [0.15, 0.2) is 6.54 Å². The van der Waals surface area contributed by atoms with Crippen molar-refractivity contribution in [3.8, 4) is 6.07 Å². The van der Waals surface area contributed by atoms with E-state index in [0.717, 1.165) is 19.5 Å². The molecule has 1 unspecified atom stereocenters. The van der Waals surface area contributed by atoms with Gasteiger partial charge < -0.3 is 9.80 Å². The average molecular weight is 392 g/mol. The van der Waals surface area contributed by atoms with Gasteiger partial charge in [0.1, 0.15) is 6.07 Å². The van der Waals surface area contributed by atoms with Crippen LogP contribution in [0.5, 0.6) is 0 Å². The van der Waals surface area contributed by atoms with Crippen LogP contribution < -0.4 is 4.90 Å². The molecule has 0 aliphatic carbocycles. The zero-order valence-corrected chi connectivity index (χ0v) is 16.5. The van der Waals surface area contributed by atoms with E-state index in [-0.39, 0.29) is 29.5 Å². The highest BCUT2D eigenvalue weighted by atomic mass is 32.2. The zero-order valence-electron chi connectivity index (χ0n) is 15.7. The number of likely N-dealkylation sites (tertiary alicyclic amines) is 1. The summed E-state index contributed by atoms with van der Waals surface area (Å²) in [5.41, 5.74) is 0.152. The number of carbonyl (C=O) groups is 1. The van der Waals surface area contributed by atoms with Crippen LogP contribution in [0, 0.1) is 17.2 Å². The van der Waals surface area contributed by atoms with Crippen molar-refractivity contribution in [3.63, 3.8) is 0 Å². The van der Waals surface area contributed by atoms with Crippen molar-refractivity contribution in [2.24, 2.45) is 5.92 Å². The van der Waals surface area contributed by atoms with Gasteiger partial charge in [-0.25, -0.2) is 8.42 Å². The number of nitrogens with zero attached hydrogens (tertiary/aromatic N) is 3. The maximum atomic E-state index is 12.9. The second-order valence-corrected chi connectivity index (χ2v) is 9.43. The van der Waals surface area contributed by atoms with Crippen molar-refractivity contribution in [2.75, 3.05) is 45.8 Å². The molecule has 2 aliphatic rings. The van der Waals surface area contributed by atoms with Gasteiger partial charge in [-0.1, -0.05) is 19.1 Å². The lowest BCUT2D eigenvalue weighted by molar-refractivity contribution is -0.900. The minimum absolute atomic E-state index is 0.0408. The maximum Gasteiger partial charge on any atom is 0.277 e. The summed E-state index contributed by atoms with van der Waals surface area (Å²) < 4.78 is 27.1. The highest BCUT2D eigenvalue weighted by molar-refractivity contribution is 7.89. The van der Waals surface area contributed by atoms with E-state index in [1.54, 1.807) is 17.0 Å². The van der Waals surface area contributed by atoms with E-state index < -0.39 is 10.0 Å². The molecular weight excluding hydrogens is 364 g/mol. The number of piperidine rings is 1. The quantitative estimate of drug-likeness (QED) is 0.764. The molecule has 2 fully saturated rings. The third-order valence-corrected chi connectivity index (χ3v) is 7.44. The maximum absolute atomic E-state index is 12.9. The Morgan fingerprint density at radius 1 is 1.26 bits per heavy atom. The van der Waals surface area contributed by atoms with Gasteiger partial charge >= 0.3 is 0 Å². The van der Waals surface area contributed by atoms with Gasteiger partial charge in [0.25, 0.3) is 5.91 Å². The molecule has 7 nitrogen and oxygen atoms in total. The van der Waals surface area contributed by atoms with Crippen molar-refractivity contribution in [1.29, 1.82) is 5.26 Å². The highest BCUT2D eigenvalue weighted by Crippen LogP contribution is 2.21. The molecule has 27 heavy (non-hydrogen) atoms. The molecule has 2 heterocycles. The highest BCUT2D eigenvalue weighted by Gasteiger charge is 2.33. The monoisotopic (exact) mass is 391 g/mol. The standard InChI is InChI=1S/C19H26N4O3S/c1-16-5-4-8-21(14-16)15-19(24)22-9-11-23(12-10-22)27(25,26)18-7-3-2-6-17(18)13-20/h2-3,6-7,16H,4-5,8-12,14-15H2,1H3/p+1/t16-/m1/s1. The van der Waals surface area contributed by atoms with Crippen LogP contribution in [-0.2, 0) is 14.8 Å². The third kappa shape index (κ3) is 4.49. The van der Waals surface area contributed by atoms with Crippen LogP contribution >= 0.6 is 0 Å². The molecular formula is C19H27N4O3S+. The van der Waals surface area contributed by atoms with Crippen LogP contribution in [0.15, 0.2) is 29.2 Å². The lowest BCUT2D eigenvalue weighted by atomic mass is 10.0. The molecule has 1 N–H and O–H groups in total. The molecule has 2 saturated heterocycles. The second-order valence-electron chi connectivity index (χ2n) is 7.52. The molecule has 0 radical (unpaired) electrons. The predicted molar refractivity (Wildman–Crippen MR) is 100 cm³/mol. The zero-order chi connectivity index (χ0) is 19.4. The number of hydrogen-bond acceptors (Lipinski definition) is 4. The summed E-state index contributed by atoms with van der Waals surface area (Å²) in [6, 6.07) is 8.19. The number of sulfonamides is 1. The van der Waals surface area contributed by atoms with E-state index in [1.807, 2.05) is 6.07 Å². The number of piperazine rings is 1. The van der Waals surface area contributed by atoms with Crippen LogP contribution in [0.3, 0.4) is 0 Å². The Bertz CT molecular complexity index is 826. The molecule has 146 valence electrons. The van der Waals surface area contributed by atoms with Crippen LogP contribution in [0.1, 0.15) is 25.3 Å². The predicted octanol–water partition coefficient (Wildman–Crippen LogP) is -0.294. The van der Waals surface area contributed by atoms with Crippen molar-refractivity contribution in [1.82, 2.24) is 9.21 Å². The summed E-state index contributed by atoms with van der Waals surface area (Å²) in [4.78, 5) is 15.7. The Balaban J connectivity index is 1.60. The summed E-state index contributed by atoms with van der Waals surface area (Å²) in [5.74, 6) is 0.761. The fraction of sp³-hybridized carbons (Fsp3) is 0.579. The Kier molecular flexibility index (Phi) is 6.15. The van der Waals surface area contributed by atoms with Crippen LogP contribution in [0.25, 0.3) is 0 Å². The average Bonchev–Trinajstić information content (AvgIpc) is 2.68. The summed E-state index contributed by atoms with van der Waals surface area (Å²) in [6.07, 6.45) is 2.40. The number of quaternary nitrogens is 1. The van der Waals surface area contributed by atoms with Gasteiger partial charge in [-0.15, -0.1) is 0 Å². The molecule has 0 spiro atoms. The number of amides is 1. The molecule has 1 aromatic rings. The minimum Gasteiger partial charge on any atom is -0.335 e. The molecule has 3 rings (SSSR count). The first-order valence-electron chi connectivity index (χ1n) is 9.52. The van der Waals surface area contributed by atoms with Crippen molar-refractivity contribution >= 4 is 15.9 Å². The third-order valence-electron chi connectivity index (χ3n) is 5.48. The number of hydrogen-bond donors (Lipinski definition) is 1. The first-order valence-corrected chi connectivity index (χ1v) is 11.0. The summed E-state index contributed by atoms with van der Waals surface area (Å²) in [5, 5.41) is 9.18. The van der Waals surface area contributed by atoms with E-state index in [2.05, 4.69) is 6.92 Å². The Labute approximate surface area is 161 Å². The van der Waals surface area contributed by atoms with E-state index in [4.69, 9.17) is 0 Å². The van der Waals surface area contributed by atoms with Crippen LogP contribution in [-0.4, -0.2) is 69.3 Å². The fourth-order valence-electron chi connectivity index (χ4n) is 3.98. The van der Waals surface area contributed by atoms with E-state index in [0.29, 0.717) is 25.6 Å². The first kappa shape index (κ1) is 19.8. The minimum atomic E-state index is -3.72. The van der Waals surface area contributed by atoms with Gasteiger partial charge in [0.05, 0.1) is 23.5 Å². The van der Waals surface area contributed by atoms with Gasteiger partial charge in [0, 0.05) is 32.1 Å². The lowest BCUT2D eigenvalue weighted by Gasteiger charge is -2.35. The van der Waals surface area contributed by atoms with E-state index >= 15 is 0 Å². The summed E-state index contributed by atoms with van der Waals surface area (Å²) in [7, 11) is -3.72. The van der Waals surface area contributed by atoms with E-state index in [1.165, 1.54) is 27.8 Å². The van der Waals surface area contributed by atoms with Crippen LogP contribution in [0.4, 0.5) is 0 Å². The van der Waals surface area contributed by atoms with Gasteiger partial charge in [0.2, 0.25) is 10.0 Å². The number of carbonyl (C=O) groups excluding carboxylic acids is 1. The molecule has 0 saturated carbocycles. The Morgan fingerprint density at radius 3 is 2.63 bits per heavy atom. The molecule has 0 bridgehead atoms. The van der Waals surface area contributed by atoms with E-state index in [9.17, 15) is 18.5 Å². The van der Waals surface area contributed by atoms with Gasteiger partial charge in [-0.3, -0.25) is 4.79 Å². The van der Waals surface area contributed by atoms with Crippen LogP contribution in [0.2, 0.25) is 0 Å². The second kappa shape index (κ2) is 8.38. The Hall–Kier alpha value is -1.95. The smallest absolute Gasteiger partial charge is 0.277 e. The molecule has 8 heteroatoms. The SMILES string of the molecule is C[C@@H]1CCC[NH+](CC(=O)N2CCN(S(=O)(=O)c3ccccc3C#N)CC2)C1. The van der Waals surface area contributed by atoms with Crippen molar-refractivity contribution in [3.05, 3.63) is 29.8 Å². The summed E-state index contributed by atoms with van der Waals surface area (Å²) in [6.45, 7) is 6.12. The Morgan fingerprint density at radius 2 is 1.96 bits per heavy atom. The van der Waals surface area contributed by atoms with Gasteiger partial charge in [-0.2, -0.15) is 9.57 Å². The van der Waals surface area contributed by atoms with Gasteiger partial charge in [-0.05, 0) is 25.0 Å². The number of rotatable bonds is 4. The molecule has 1 aromatic carbocycles. The topological polar surface area (TPSA) is 85.9 Å². The van der Waals surface area contributed by atoms with Crippen molar-refractivity contribution in [2.45, 2.75) is 24.7 Å². The van der Waals surface area contributed by atoms with Crippen molar-refractivity contribution < 1.29 is 18.1 Å². The lowest BCUT2D eigenvalue weighted by Crippen LogP contribution is -3.14. The molecule has 2 aliphatic heterocycles. The first-order chi connectivity index (χ1) is 12.9. The molecule has 0 aromatic heterocycles. The normalized spacial score (nSPS) is 24.4. The number of nitrogens with one attached hydrogen (secondary N) is 1. The summed E-state index contributed by atoms with van der Waals surface area (Å²) >= 11 is 0. The largest absolute Gasteiger partial charge is 0.335 e. The molecule has 2 atom stereocenters. The number of benzene rings is 1. The number of nitriles is 1.